The van der Waals surface area contributed by atoms with Gasteiger partial charge in [0.25, 0.3) is 0 Å². The van der Waals surface area contributed by atoms with Crippen LogP contribution in [0.1, 0.15) is 62.5 Å². The Kier molecular flexibility index (Phi) is 4.40. The third-order valence-electron chi connectivity index (χ3n) is 6.70. The summed E-state index contributed by atoms with van der Waals surface area (Å²) in [5.41, 5.74) is 5.68. The van der Waals surface area contributed by atoms with Crippen molar-refractivity contribution in [1.29, 1.82) is 0 Å². The molecule has 0 amide bonds. The topological polar surface area (TPSA) is 41.1 Å². The highest BCUT2D eigenvalue weighted by molar-refractivity contribution is 5.92. The van der Waals surface area contributed by atoms with Crippen LogP contribution in [-0.2, 0) is 10.3 Å². The highest BCUT2D eigenvalue weighted by atomic mass is 16.1. The molecule has 1 atom stereocenters. The molecule has 1 aromatic rings. The quantitative estimate of drug-likeness (QED) is 0.569. The van der Waals surface area contributed by atoms with E-state index in [1.165, 1.54) is 54.4 Å². The van der Waals surface area contributed by atoms with Crippen molar-refractivity contribution in [3.8, 4) is 0 Å². The summed E-state index contributed by atoms with van der Waals surface area (Å²) in [7, 11) is 0. The van der Waals surface area contributed by atoms with Gasteiger partial charge in [-0.05, 0) is 67.3 Å². The zero-order valence-corrected chi connectivity index (χ0v) is 15.9. The van der Waals surface area contributed by atoms with E-state index in [-0.39, 0.29) is 5.54 Å². The molecule has 0 saturated heterocycles. The van der Waals surface area contributed by atoms with E-state index in [1.54, 1.807) is 0 Å². The van der Waals surface area contributed by atoms with Crippen LogP contribution in [0.15, 0.2) is 47.6 Å². The molecule has 0 bridgehead atoms. The Labute approximate surface area is 161 Å². The van der Waals surface area contributed by atoms with E-state index in [9.17, 15) is 4.79 Å². The standard InChI is InChI=1S/C24H28N2O/c27-16-17-6-3-10-21-20-9-1-2-11-22(20)24(23(17)21,26-19-12-13-19)14-5-15-25-18-7-4-8-18/h1-3,9-11,18-19,25-26H,4-8,12-15H2. The van der Waals surface area contributed by atoms with Gasteiger partial charge in [-0.1, -0.05) is 42.8 Å². The summed E-state index contributed by atoms with van der Waals surface area (Å²) < 4.78 is 0. The molecule has 0 aromatic heterocycles. The predicted molar refractivity (Wildman–Crippen MR) is 109 cm³/mol. The Hall–Kier alpha value is -1.93. The largest absolute Gasteiger partial charge is 0.314 e. The average molecular weight is 361 g/mol. The van der Waals surface area contributed by atoms with E-state index < -0.39 is 0 Å². The second kappa shape index (κ2) is 6.91. The Morgan fingerprint density at radius 2 is 1.96 bits per heavy atom. The molecule has 1 unspecified atom stereocenters. The van der Waals surface area contributed by atoms with Gasteiger partial charge >= 0.3 is 0 Å². The van der Waals surface area contributed by atoms with Gasteiger partial charge in [-0.15, -0.1) is 0 Å². The summed E-state index contributed by atoms with van der Waals surface area (Å²) in [5.74, 6) is 2.29. The van der Waals surface area contributed by atoms with Gasteiger partial charge in [0.1, 0.15) is 5.94 Å². The molecule has 3 heteroatoms. The van der Waals surface area contributed by atoms with Crippen molar-refractivity contribution in [3.63, 3.8) is 0 Å². The number of allylic oxidation sites excluding steroid dienone is 3. The summed E-state index contributed by atoms with van der Waals surface area (Å²) in [6.45, 7) is 1.06. The SMILES string of the molecule is O=C=C1CC=CC2=C1C(CCCNC1CCC1)(NC1CC1)c1ccccc12. The van der Waals surface area contributed by atoms with Gasteiger partial charge in [-0.25, -0.2) is 4.79 Å². The maximum Gasteiger partial charge on any atom is 0.128 e. The Morgan fingerprint density at radius 1 is 1.11 bits per heavy atom. The van der Waals surface area contributed by atoms with Crippen molar-refractivity contribution < 1.29 is 4.79 Å². The third-order valence-corrected chi connectivity index (χ3v) is 6.70. The van der Waals surface area contributed by atoms with Crippen molar-refractivity contribution in [3.05, 3.63) is 58.7 Å². The van der Waals surface area contributed by atoms with Gasteiger partial charge in [0.15, 0.2) is 0 Å². The maximum absolute atomic E-state index is 11.8. The van der Waals surface area contributed by atoms with Crippen molar-refractivity contribution >= 4 is 11.5 Å². The summed E-state index contributed by atoms with van der Waals surface area (Å²) in [6, 6.07) is 10.0. The highest BCUT2D eigenvalue weighted by Gasteiger charge is 2.48. The van der Waals surface area contributed by atoms with Crippen LogP contribution in [0.2, 0.25) is 0 Å². The van der Waals surface area contributed by atoms with Gasteiger partial charge in [0.2, 0.25) is 0 Å². The fraction of sp³-hybridized carbons (Fsp3) is 0.500. The number of carbonyl (C=O) groups excluding carboxylic acids is 1. The molecule has 2 N–H and O–H groups in total. The molecule has 0 heterocycles. The van der Waals surface area contributed by atoms with E-state index >= 15 is 0 Å². The maximum atomic E-state index is 11.8. The number of nitrogens with one attached hydrogen (secondary N) is 2. The zero-order chi connectivity index (χ0) is 18.3. The first kappa shape index (κ1) is 17.2. The zero-order valence-electron chi connectivity index (χ0n) is 15.9. The number of benzene rings is 1. The van der Waals surface area contributed by atoms with Gasteiger partial charge in [0.05, 0.1) is 5.54 Å². The second-order valence-electron chi connectivity index (χ2n) is 8.53. The summed E-state index contributed by atoms with van der Waals surface area (Å²) in [4.78, 5) is 11.8. The molecule has 0 aliphatic heterocycles. The molecule has 140 valence electrons. The summed E-state index contributed by atoms with van der Waals surface area (Å²) in [6.07, 6.45) is 13.7. The number of hydrogen-bond acceptors (Lipinski definition) is 3. The van der Waals surface area contributed by atoms with Crippen LogP contribution in [0.4, 0.5) is 0 Å². The third kappa shape index (κ3) is 2.95. The smallest absolute Gasteiger partial charge is 0.128 e. The lowest BCUT2D eigenvalue weighted by molar-refractivity contribution is 0.316. The summed E-state index contributed by atoms with van der Waals surface area (Å²) in [5, 5.41) is 7.69. The Bertz CT molecular complexity index is 853. The Balaban J connectivity index is 1.51. The van der Waals surface area contributed by atoms with Gasteiger partial charge in [-0.3, -0.25) is 0 Å². The predicted octanol–water partition coefficient (Wildman–Crippen LogP) is 4.04. The minimum Gasteiger partial charge on any atom is -0.314 e. The molecule has 2 fully saturated rings. The second-order valence-corrected chi connectivity index (χ2v) is 8.53. The number of fused-ring (bicyclic) bond motifs is 2. The van der Waals surface area contributed by atoms with E-state index in [0.717, 1.165) is 31.0 Å². The van der Waals surface area contributed by atoms with E-state index in [2.05, 4.69) is 53.0 Å². The first-order chi connectivity index (χ1) is 13.3. The molecule has 27 heavy (non-hydrogen) atoms. The fourth-order valence-corrected chi connectivity index (χ4v) is 5.00. The fourth-order valence-electron chi connectivity index (χ4n) is 5.00. The van der Waals surface area contributed by atoms with Crippen LogP contribution in [0.25, 0.3) is 5.57 Å². The van der Waals surface area contributed by atoms with E-state index in [1.807, 2.05) is 0 Å². The van der Waals surface area contributed by atoms with Crippen molar-refractivity contribution in [2.24, 2.45) is 0 Å². The number of hydrogen-bond donors (Lipinski definition) is 2. The van der Waals surface area contributed by atoms with Crippen LogP contribution in [0.3, 0.4) is 0 Å². The average Bonchev–Trinajstić information content (AvgIpc) is 3.44. The molecule has 1 aromatic carbocycles. The van der Waals surface area contributed by atoms with Crippen LogP contribution in [0, 0.1) is 0 Å². The molecule has 5 rings (SSSR count). The summed E-state index contributed by atoms with van der Waals surface area (Å²) >= 11 is 0. The van der Waals surface area contributed by atoms with Gasteiger partial charge < -0.3 is 10.6 Å². The van der Waals surface area contributed by atoms with Gasteiger partial charge in [0, 0.05) is 24.1 Å². The molecular formula is C24H28N2O. The molecule has 4 aliphatic rings. The minimum absolute atomic E-state index is 0.230. The van der Waals surface area contributed by atoms with Gasteiger partial charge in [-0.2, -0.15) is 0 Å². The molecule has 0 radical (unpaired) electrons. The van der Waals surface area contributed by atoms with Crippen LogP contribution < -0.4 is 10.6 Å². The monoisotopic (exact) mass is 360 g/mol. The van der Waals surface area contributed by atoms with Crippen LogP contribution >= 0.6 is 0 Å². The van der Waals surface area contributed by atoms with E-state index in [0.29, 0.717) is 12.5 Å². The molecular weight excluding hydrogens is 332 g/mol. The highest BCUT2D eigenvalue weighted by Crippen LogP contribution is 2.53. The Morgan fingerprint density at radius 3 is 2.70 bits per heavy atom. The molecule has 0 spiro atoms. The van der Waals surface area contributed by atoms with Crippen molar-refractivity contribution in [1.82, 2.24) is 10.6 Å². The lowest BCUT2D eigenvalue weighted by Gasteiger charge is -2.37. The van der Waals surface area contributed by atoms with Crippen molar-refractivity contribution in [2.45, 2.75) is 69.0 Å². The first-order valence-electron chi connectivity index (χ1n) is 10.6. The van der Waals surface area contributed by atoms with Crippen molar-refractivity contribution in [2.75, 3.05) is 6.54 Å². The molecule has 3 nitrogen and oxygen atoms in total. The lowest BCUT2D eigenvalue weighted by Crippen LogP contribution is -2.45. The van der Waals surface area contributed by atoms with Crippen LogP contribution in [-0.4, -0.2) is 24.6 Å². The molecule has 4 aliphatic carbocycles. The van der Waals surface area contributed by atoms with E-state index in [4.69, 9.17) is 0 Å². The first-order valence-corrected chi connectivity index (χ1v) is 10.6. The minimum atomic E-state index is -0.230. The molecule has 2 saturated carbocycles. The lowest BCUT2D eigenvalue weighted by atomic mass is 9.77. The normalized spacial score (nSPS) is 26.6. The van der Waals surface area contributed by atoms with Crippen LogP contribution in [0.5, 0.6) is 0 Å². The number of rotatable bonds is 7.